The number of ether oxygens (including phenoxy) is 1. The highest BCUT2D eigenvalue weighted by Gasteiger charge is 2.13. The molecular formula is C9H12N2O3S. The Hall–Kier alpha value is -1.43. The van der Waals surface area contributed by atoms with E-state index in [1.165, 1.54) is 18.4 Å². The van der Waals surface area contributed by atoms with Crippen molar-refractivity contribution in [2.45, 2.75) is 19.9 Å². The average molecular weight is 228 g/mol. The van der Waals surface area contributed by atoms with Crippen LogP contribution in [0.15, 0.2) is 6.20 Å². The fourth-order valence-electron chi connectivity index (χ4n) is 0.914. The number of amides is 1. The molecule has 1 rings (SSSR count). The molecule has 0 fully saturated rings. The van der Waals surface area contributed by atoms with Crippen molar-refractivity contribution in [1.82, 2.24) is 10.3 Å². The lowest BCUT2D eigenvalue weighted by atomic mass is 10.4. The summed E-state index contributed by atoms with van der Waals surface area (Å²) in [5.41, 5.74) is 0. The quantitative estimate of drug-likeness (QED) is 0.604. The molecule has 0 aromatic carbocycles. The summed E-state index contributed by atoms with van der Waals surface area (Å²) in [6.45, 7) is 2.29. The van der Waals surface area contributed by atoms with E-state index in [0.717, 1.165) is 16.3 Å². The van der Waals surface area contributed by atoms with Gasteiger partial charge in [-0.05, 0) is 6.42 Å². The van der Waals surface area contributed by atoms with Crippen molar-refractivity contribution >= 4 is 23.2 Å². The topological polar surface area (TPSA) is 68.3 Å². The van der Waals surface area contributed by atoms with Crippen LogP contribution in [0.1, 0.15) is 16.8 Å². The van der Waals surface area contributed by atoms with E-state index in [2.05, 4.69) is 15.0 Å². The van der Waals surface area contributed by atoms with Gasteiger partial charge in [0.2, 0.25) is 0 Å². The van der Waals surface area contributed by atoms with E-state index in [0.29, 0.717) is 0 Å². The number of aryl methyl sites for hydroxylation is 1. The lowest BCUT2D eigenvalue weighted by Crippen LogP contribution is -2.31. The van der Waals surface area contributed by atoms with Crippen molar-refractivity contribution in [3.8, 4) is 0 Å². The van der Waals surface area contributed by atoms with Crippen LogP contribution in [0, 0.1) is 0 Å². The number of methoxy groups -OCH3 is 1. The van der Waals surface area contributed by atoms with Gasteiger partial charge in [-0.15, -0.1) is 11.3 Å². The lowest BCUT2D eigenvalue weighted by molar-refractivity contribution is -0.152. The third kappa shape index (κ3) is 3.32. The SMILES string of the molecule is CCc1cnc(CNC(=O)C(=O)OC)s1. The minimum atomic E-state index is -0.887. The predicted octanol–water partition coefficient (Wildman–Crippen LogP) is 0.495. The van der Waals surface area contributed by atoms with Crippen molar-refractivity contribution in [3.05, 3.63) is 16.1 Å². The molecule has 0 unspecified atom stereocenters. The van der Waals surface area contributed by atoms with Crippen molar-refractivity contribution in [2.75, 3.05) is 7.11 Å². The molecule has 0 spiro atoms. The summed E-state index contributed by atoms with van der Waals surface area (Å²) in [5, 5.41) is 3.20. The summed E-state index contributed by atoms with van der Waals surface area (Å²) in [7, 11) is 1.17. The Kier molecular flexibility index (Phi) is 4.23. The van der Waals surface area contributed by atoms with E-state index in [4.69, 9.17) is 0 Å². The van der Waals surface area contributed by atoms with Crippen LogP contribution in [0.3, 0.4) is 0 Å². The van der Waals surface area contributed by atoms with Gasteiger partial charge in [-0.25, -0.2) is 9.78 Å². The van der Waals surface area contributed by atoms with Crippen LogP contribution in [0.5, 0.6) is 0 Å². The van der Waals surface area contributed by atoms with Crippen molar-refractivity contribution < 1.29 is 14.3 Å². The third-order valence-electron chi connectivity index (χ3n) is 1.72. The second-order valence-corrected chi connectivity index (χ2v) is 3.95. The number of carbonyl (C=O) groups is 2. The number of nitrogens with zero attached hydrogens (tertiary/aromatic N) is 1. The van der Waals surface area contributed by atoms with Crippen molar-refractivity contribution in [3.63, 3.8) is 0 Å². The molecule has 1 aromatic rings. The van der Waals surface area contributed by atoms with Gasteiger partial charge in [0, 0.05) is 11.1 Å². The van der Waals surface area contributed by atoms with Crippen molar-refractivity contribution in [2.24, 2.45) is 0 Å². The lowest BCUT2D eigenvalue weighted by Gasteiger charge is -1.99. The molecule has 1 N–H and O–H groups in total. The maximum absolute atomic E-state index is 11.0. The summed E-state index contributed by atoms with van der Waals surface area (Å²) >= 11 is 1.52. The number of carbonyl (C=O) groups excluding carboxylic acids is 2. The third-order valence-corrected chi connectivity index (χ3v) is 2.86. The smallest absolute Gasteiger partial charge is 0.396 e. The first kappa shape index (κ1) is 11.6. The minimum absolute atomic E-state index is 0.263. The zero-order valence-corrected chi connectivity index (χ0v) is 9.39. The molecule has 0 saturated carbocycles. The molecule has 1 amide bonds. The molecule has 0 bridgehead atoms. The normalized spacial score (nSPS) is 9.73. The highest BCUT2D eigenvalue weighted by atomic mass is 32.1. The van der Waals surface area contributed by atoms with Crippen LogP contribution >= 0.6 is 11.3 Å². The Balaban J connectivity index is 2.43. The predicted molar refractivity (Wildman–Crippen MR) is 55.4 cm³/mol. The van der Waals surface area contributed by atoms with Gasteiger partial charge in [0.1, 0.15) is 5.01 Å². The summed E-state index contributed by atoms with van der Waals surface area (Å²) in [4.78, 5) is 27.0. The first-order valence-corrected chi connectivity index (χ1v) is 5.28. The average Bonchev–Trinajstić information content (AvgIpc) is 2.72. The number of esters is 1. The molecule has 0 atom stereocenters. The number of rotatable bonds is 3. The molecule has 0 radical (unpaired) electrons. The maximum Gasteiger partial charge on any atom is 0.396 e. The van der Waals surface area contributed by atoms with E-state index in [-0.39, 0.29) is 6.54 Å². The summed E-state index contributed by atoms with van der Waals surface area (Å²) in [6, 6.07) is 0. The highest BCUT2D eigenvalue weighted by Crippen LogP contribution is 2.12. The molecule has 1 aromatic heterocycles. The van der Waals surface area contributed by atoms with Gasteiger partial charge in [-0.3, -0.25) is 4.79 Å². The molecule has 0 saturated heterocycles. The van der Waals surface area contributed by atoms with Crippen LogP contribution in [0.2, 0.25) is 0 Å². The van der Waals surface area contributed by atoms with Gasteiger partial charge in [0.05, 0.1) is 13.7 Å². The summed E-state index contributed by atoms with van der Waals surface area (Å²) in [5.74, 6) is -1.63. The number of aromatic nitrogens is 1. The van der Waals surface area contributed by atoms with Gasteiger partial charge in [-0.2, -0.15) is 0 Å². The Morgan fingerprint density at radius 3 is 2.87 bits per heavy atom. The van der Waals surface area contributed by atoms with E-state index in [9.17, 15) is 9.59 Å². The largest absolute Gasteiger partial charge is 0.462 e. The first-order valence-electron chi connectivity index (χ1n) is 4.47. The molecule has 0 aliphatic carbocycles. The van der Waals surface area contributed by atoms with Crippen LogP contribution in [0.25, 0.3) is 0 Å². The van der Waals surface area contributed by atoms with Crippen molar-refractivity contribution in [1.29, 1.82) is 0 Å². The standard InChI is InChI=1S/C9H12N2O3S/c1-3-6-4-10-7(15-6)5-11-8(12)9(13)14-2/h4H,3,5H2,1-2H3,(H,11,12). The monoisotopic (exact) mass is 228 g/mol. The molecule has 1 heterocycles. The molecular weight excluding hydrogens is 216 g/mol. The van der Waals surface area contributed by atoms with Crippen LogP contribution < -0.4 is 5.32 Å². The van der Waals surface area contributed by atoms with Crippen LogP contribution in [-0.2, 0) is 27.3 Å². The molecule has 6 heteroatoms. The Bertz CT molecular complexity index is 362. The zero-order valence-electron chi connectivity index (χ0n) is 8.57. The highest BCUT2D eigenvalue weighted by molar-refractivity contribution is 7.11. The number of thiazole rings is 1. The molecule has 0 aliphatic rings. The Morgan fingerprint density at radius 1 is 1.60 bits per heavy atom. The summed E-state index contributed by atoms with van der Waals surface area (Å²) in [6.07, 6.45) is 2.69. The van der Waals surface area contributed by atoms with E-state index in [1.54, 1.807) is 6.20 Å². The fraction of sp³-hybridized carbons (Fsp3) is 0.444. The molecule has 82 valence electrons. The number of nitrogens with one attached hydrogen (secondary N) is 1. The van der Waals surface area contributed by atoms with Gasteiger partial charge in [0.25, 0.3) is 0 Å². The molecule has 0 aliphatic heterocycles. The number of hydrogen-bond donors (Lipinski definition) is 1. The van der Waals surface area contributed by atoms with E-state index in [1.807, 2.05) is 6.92 Å². The molecule has 15 heavy (non-hydrogen) atoms. The van der Waals surface area contributed by atoms with Gasteiger partial charge < -0.3 is 10.1 Å². The van der Waals surface area contributed by atoms with Crippen LogP contribution in [0.4, 0.5) is 0 Å². The second-order valence-electron chi connectivity index (χ2n) is 2.75. The summed E-state index contributed by atoms with van der Waals surface area (Å²) < 4.78 is 4.26. The maximum atomic E-state index is 11.0. The van der Waals surface area contributed by atoms with Crippen LogP contribution in [-0.4, -0.2) is 24.0 Å². The Morgan fingerprint density at radius 2 is 2.33 bits per heavy atom. The first-order chi connectivity index (χ1) is 7.17. The Labute approximate surface area is 91.5 Å². The van der Waals surface area contributed by atoms with Gasteiger partial charge in [-0.1, -0.05) is 6.92 Å². The van der Waals surface area contributed by atoms with E-state index >= 15 is 0 Å². The molecule has 5 nitrogen and oxygen atoms in total. The fourth-order valence-corrected chi connectivity index (χ4v) is 1.72. The number of hydrogen-bond acceptors (Lipinski definition) is 5. The van der Waals surface area contributed by atoms with Gasteiger partial charge in [0.15, 0.2) is 0 Å². The zero-order chi connectivity index (χ0) is 11.3. The van der Waals surface area contributed by atoms with Gasteiger partial charge >= 0.3 is 11.9 Å². The second kappa shape index (κ2) is 5.45. The van der Waals surface area contributed by atoms with E-state index < -0.39 is 11.9 Å². The minimum Gasteiger partial charge on any atom is -0.462 e.